The van der Waals surface area contributed by atoms with E-state index in [4.69, 9.17) is 0 Å². The van der Waals surface area contributed by atoms with Crippen molar-refractivity contribution >= 4 is 25.8 Å². The summed E-state index contributed by atoms with van der Waals surface area (Å²) in [5, 5.41) is 0.942. The lowest BCUT2D eigenvalue weighted by molar-refractivity contribution is 0.590. The van der Waals surface area contributed by atoms with Crippen molar-refractivity contribution in [2.75, 3.05) is 11.1 Å². The molecule has 90 valence electrons. The zero-order chi connectivity index (χ0) is 12.0. The van der Waals surface area contributed by atoms with Crippen LogP contribution >= 0.6 is 15.9 Å². The van der Waals surface area contributed by atoms with Gasteiger partial charge in [0.25, 0.3) is 0 Å². The normalized spacial score (nSPS) is 11.6. The molecule has 0 spiro atoms. The smallest absolute Gasteiger partial charge is 0.178 e. The molecule has 0 aromatic heterocycles. The Balaban J connectivity index is 2.68. The number of halogens is 1. The third kappa shape index (κ3) is 3.91. The lowest BCUT2D eigenvalue weighted by Gasteiger charge is -2.06. The zero-order valence-corrected chi connectivity index (χ0v) is 11.9. The maximum atomic E-state index is 12.0. The molecule has 0 saturated carbocycles. The Hall–Kier alpha value is -0.350. The lowest BCUT2D eigenvalue weighted by atomic mass is 10.2. The summed E-state index contributed by atoms with van der Waals surface area (Å²) in [5.41, 5.74) is 0.836. The Bertz CT molecular complexity index is 426. The summed E-state index contributed by atoms with van der Waals surface area (Å²) in [6.45, 7) is 1.84. The summed E-state index contributed by atoms with van der Waals surface area (Å²) in [7, 11) is -3.09. The SMILES string of the molecule is Cc1ccccc1S(=O)(=O)CCCCCBr. The van der Waals surface area contributed by atoms with Crippen LogP contribution in [0.4, 0.5) is 0 Å². The Kier molecular flexibility index (Phi) is 5.49. The molecule has 0 saturated heterocycles. The molecule has 0 aliphatic carbocycles. The van der Waals surface area contributed by atoms with E-state index in [1.165, 1.54) is 0 Å². The highest BCUT2D eigenvalue weighted by atomic mass is 79.9. The van der Waals surface area contributed by atoms with Gasteiger partial charge in [-0.15, -0.1) is 0 Å². The molecule has 0 unspecified atom stereocenters. The van der Waals surface area contributed by atoms with E-state index < -0.39 is 9.84 Å². The van der Waals surface area contributed by atoms with E-state index in [1.54, 1.807) is 12.1 Å². The van der Waals surface area contributed by atoms with Gasteiger partial charge in [-0.25, -0.2) is 8.42 Å². The topological polar surface area (TPSA) is 34.1 Å². The molecule has 1 aromatic rings. The van der Waals surface area contributed by atoms with Gasteiger partial charge < -0.3 is 0 Å². The highest BCUT2D eigenvalue weighted by Crippen LogP contribution is 2.17. The maximum Gasteiger partial charge on any atom is 0.178 e. The molecule has 0 heterocycles. The van der Waals surface area contributed by atoms with E-state index in [-0.39, 0.29) is 5.75 Å². The molecule has 0 aliphatic rings. The fourth-order valence-corrected chi connectivity index (χ4v) is 3.62. The molecule has 0 amide bonds. The Labute approximate surface area is 106 Å². The van der Waals surface area contributed by atoms with Crippen LogP contribution in [0.3, 0.4) is 0 Å². The molecule has 1 rings (SSSR count). The first-order chi connectivity index (χ1) is 7.58. The average molecular weight is 305 g/mol. The average Bonchev–Trinajstić information content (AvgIpc) is 2.25. The number of sulfone groups is 1. The van der Waals surface area contributed by atoms with Gasteiger partial charge in [0.05, 0.1) is 10.6 Å². The van der Waals surface area contributed by atoms with Gasteiger partial charge in [0.1, 0.15) is 0 Å². The minimum atomic E-state index is -3.09. The summed E-state index contributed by atoms with van der Waals surface area (Å²) in [4.78, 5) is 0.480. The highest BCUT2D eigenvalue weighted by molar-refractivity contribution is 9.09. The number of benzene rings is 1. The number of hydrogen-bond acceptors (Lipinski definition) is 2. The summed E-state index contributed by atoms with van der Waals surface area (Å²) >= 11 is 3.34. The Morgan fingerprint density at radius 3 is 2.44 bits per heavy atom. The first kappa shape index (κ1) is 13.7. The van der Waals surface area contributed by atoms with Gasteiger partial charge in [-0.3, -0.25) is 0 Å². The zero-order valence-electron chi connectivity index (χ0n) is 9.45. The summed E-state index contributed by atoms with van der Waals surface area (Å²) in [6, 6.07) is 7.16. The molecule has 4 heteroatoms. The van der Waals surface area contributed by atoms with Crippen molar-refractivity contribution < 1.29 is 8.42 Å². The molecule has 0 aliphatic heterocycles. The van der Waals surface area contributed by atoms with Crippen LogP contribution in [0.25, 0.3) is 0 Å². The van der Waals surface area contributed by atoms with Crippen molar-refractivity contribution in [3.8, 4) is 0 Å². The second kappa shape index (κ2) is 6.40. The highest BCUT2D eigenvalue weighted by Gasteiger charge is 2.15. The van der Waals surface area contributed by atoms with Gasteiger partial charge in [0.15, 0.2) is 9.84 Å². The van der Waals surface area contributed by atoms with Gasteiger partial charge in [0, 0.05) is 5.33 Å². The summed E-state index contributed by atoms with van der Waals surface area (Å²) in [5.74, 6) is 0.255. The third-order valence-electron chi connectivity index (χ3n) is 2.48. The van der Waals surface area contributed by atoms with Gasteiger partial charge in [-0.2, -0.15) is 0 Å². The second-order valence-corrected chi connectivity index (χ2v) is 6.70. The molecule has 0 bridgehead atoms. The summed E-state index contributed by atoms with van der Waals surface area (Å²) < 4.78 is 24.0. The van der Waals surface area contributed by atoms with Crippen molar-refractivity contribution in [1.29, 1.82) is 0 Å². The summed E-state index contributed by atoms with van der Waals surface area (Å²) in [6.07, 6.45) is 2.72. The van der Waals surface area contributed by atoms with Crippen LogP contribution < -0.4 is 0 Å². The van der Waals surface area contributed by atoms with E-state index in [2.05, 4.69) is 15.9 Å². The molecule has 2 nitrogen and oxygen atoms in total. The molecule has 0 fully saturated rings. The van der Waals surface area contributed by atoms with Crippen molar-refractivity contribution in [3.05, 3.63) is 29.8 Å². The lowest BCUT2D eigenvalue weighted by Crippen LogP contribution is -2.08. The molecular weight excluding hydrogens is 288 g/mol. The van der Waals surface area contributed by atoms with Crippen LogP contribution in [0.5, 0.6) is 0 Å². The molecular formula is C12H17BrO2S. The molecule has 0 radical (unpaired) electrons. The van der Waals surface area contributed by atoms with Crippen LogP contribution in [-0.4, -0.2) is 19.5 Å². The first-order valence-corrected chi connectivity index (χ1v) is 8.19. The number of alkyl halides is 1. The van der Waals surface area contributed by atoms with Crippen molar-refractivity contribution in [1.82, 2.24) is 0 Å². The van der Waals surface area contributed by atoms with Crippen molar-refractivity contribution in [2.45, 2.75) is 31.1 Å². The van der Waals surface area contributed by atoms with Crippen LogP contribution in [-0.2, 0) is 9.84 Å². The second-order valence-electron chi connectivity index (χ2n) is 3.83. The molecule has 16 heavy (non-hydrogen) atoms. The minimum Gasteiger partial charge on any atom is -0.224 e. The van der Waals surface area contributed by atoms with E-state index in [0.29, 0.717) is 4.90 Å². The van der Waals surface area contributed by atoms with Gasteiger partial charge >= 0.3 is 0 Å². The van der Waals surface area contributed by atoms with Gasteiger partial charge in [0.2, 0.25) is 0 Å². The standard InChI is InChI=1S/C12H17BrO2S/c1-11-7-3-4-8-12(11)16(14,15)10-6-2-5-9-13/h3-4,7-8H,2,5-6,9-10H2,1H3. The number of unbranched alkanes of at least 4 members (excludes halogenated alkanes) is 2. The predicted octanol–water partition coefficient (Wildman–Crippen LogP) is 3.33. The fourth-order valence-electron chi connectivity index (χ4n) is 1.58. The predicted molar refractivity (Wildman–Crippen MR) is 70.9 cm³/mol. The molecule has 0 atom stereocenters. The number of rotatable bonds is 6. The fraction of sp³-hybridized carbons (Fsp3) is 0.500. The Morgan fingerprint density at radius 2 is 1.81 bits per heavy atom. The van der Waals surface area contributed by atoms with E-state index in [0.717, 1.165) is 30.2 Å². The van der Waals surface area contributed by atoms with E-state index >= 15 is 0 Å². The van der Waals surface area contributed by atoms with E-state index in [1.807, 2.05) is 19.1 Å². The first-order valence-electron chi connectivity index (χ1n) is 5.42. The van der Waals surface area contributed by atoms with Crippen molar-refractivity contribution in [3.63, 3.8) is 0 Å². The Morgan fingerprint density at radius 1 is 1.12 bits per heavy atom. The van der Waals surface area contributed by atoms with Gasteiger partial charge in [-0.05, 0) is 31.4 Å². The van der Waals surface area contributed by atoms with Crippen LogP contribution in [0.2, 0.25) is 0 Å². The molecule has 0 N–H and O–H groups in total. The maximum absolute atomic E-state index is 12.0. The third-order valence-corrected chi connectivity index (χ3v) is 4.99. The number of aryl methyl sites for hydroxylation is 1. The van der Waals surface area contributed by atoms with Crippen molar-refractivity contribution in [2.24, 2.45) is 0 Å². The van der Waals surface area contributed by atoms with Crippen LogP contribution in [0.1, 0.15) is 24.8 Å². The minimum absolute atomic E-state index is 0.255. The quantitative estimate of drug-likeness (QED) is 0.597. The van der Waals surface area contributed by atoms with Gasteiger partial charge in [-0.1, -0.05) is 40.5 Å². The largest absolute Gasteiger partial charge is 0.224 e. The number of hydrogen-bond donors (Lipinski definition) is 0. The molecule has 1 aromatic carbocycles. The van der Waals surface area contributed by atoms with Crippen LogP contribution in [0, 0.1) is 6.92 Å². The van der Waals surface area contributed by atoms with E-state index in [9.17, 15) is 8.42 Å². The van der Waals surface area contributed by atoms with Crippen LogP contribution in [0.15, 0.2) is 29.2 Å². The monoisotopic (exact) mass is 304 g/mol.